The van der Waals surface area contributed by atoms with Crippen LogP contribution in [0, 0.1) is 19.7 Å². The lowest BCUT2D eigenvalue weighted by atomic mass is 10.1. The molecule has 102 valence electrons. The second-order valence-electron chi connectivity index (χ2n) is 4.88. The van der Waals surface area contributed by atoms with Gasteiger partial charge in [-0.2, -0.15) is 5.10 Å². The van der Waals surface area contributed by atoms with E-state index >= 15 is 0 Å². The first kappa shape index (κ1) is 13.7. The lowest BCUT2D eigenvalue weighted by molar-refractivity contribution is 0.613. The SMILES string of the molecule is Cc1cc(CNCCCc2cn[nH]c2C)ccc1F. The highest BCUT2D eigenvalue weighted by Gasteiger charge is 2.01. The Morgan fingerprint density at radius 2 is 2.16 bits per heavy atom. The number of halogens is 1. The van der Waals surface area contributed by atoms with E-state index in [0.717, 1.165) is 37.2 Å². The van der Waals surface area contributed by atoms with Crippen LogP contribution in [0.5, 0.6) is 0 Å². The van der Waals surface area contributed by atoms with Gasteiger partial charge in [0.1, 0.15) is 5.82 Å². The molecule has 0 aliphatic heterocycles. The Kier molecular flexibility index (Phi) is 4.68. The zero-order chi connectivity index (χ0) is 13.7. The molecule has 0 unspecified atom stereocenters. The van der Waals surface area contributed by atoms with Gasteiger partial charge in [-0.15, -0.1) is 0 Å². The van der Waals surface area contributed by atoms with Gasteiger partial charge in [-0.1, -0.05) is 12.1 Å². The normalized spacial score (nSPS) is 10.9. The van der Waals surface area contributed by atoms with Crippen LogP contribution >= 0.6 is 0 Å². The second kappa shape index (κ2) is 6.48. The van der Waals surface area contributed by atoms with Gasteiger partial charge in [-0.05, 0) is 56.0 Å². The largest absolute Gasteiger partial charge is 0.313 e. The number of aromatic nitrogens is 2. The lowest BCUT2D eigenvalue weighted by Crippen LogP contribution is -2.15. The summed E-state index contributed by atoms with van der Waals surface area (Å²) in [7, 11) is 0. The van der Waals surface area contributed by atoms with E-state index in [1.165, 1.54) is 11.6 Å². The topological polar surface area (TPSA) is 40.7 Å². The highest BCUT2D eigenvalue weighted by molar-refractivity contribution is 5.23. The van der Waals surface area contributed by atoms with Crippen molar-refractivity contribution in [2.24, 2.45) is 0 Å². The summed E-state index contributed by atoms with van der Waals surface area (Å²) in [6.07, 6.45) is 3.98. The average molecular weight is 261 g/mol. The number of hydrogen-bond acceptors (Lipinski definition) is 2. The number of aryl methyl sites for hydroxylation is 3. The molecule has 0 atom stereocenters. The smallest absolute Gasteiger partial charge is 0.126 e. The summed E-state index contributed by atoms with van der Waals surface area (Å²) in [5, 5.41) is 10.3. The van der Waals surface area contributed by atoms with E-state index in [1.54, 1.807) is 6.92 Å². The van der Waals surface area contributed by atoms with Gasteiger partial charge in [0, 0.05) is 12.2 Å². The number of aromatic amines is 1. The summed E-state index contributed by atoms with van der Waals surface area (Å²) in [4.78, 5) is 0. The van der Waals surface area contributed by atoms with Crippen molar-refractivity contribution < 1.29 is 4.39 Å². The van der Waals surface area contributed by atoms with E-state index in [2.05, 4.69) is 15.5 Å². The van der Waals surface area contributed by atoms with Crippen molar-refractivity contribution in [3.63, 3.8) is 0 Å². The molecule has 0 aliphatic rings. The van der Waals surface area contributed by atoms with Crippen LogP contribution in [-0.2, 0) is 13.0 Å². The number of H-pyrrole nitrogens is 1. The number of hydrogen-bond donors (Lipinski definition) is 2. The second-order valence-corrected chi connectivity index (χ2v) is 4.88. The van der Waals surface area contributed by atoms with Gasteiger partial charge in [0.2, 0.25) is 0 Å². The summed E-state index contributed by atoms with van der Waals surface area (Å²) in [6, 6.07) is 5.25. The fraction of sp³-hybridized carbons (Fsp3) is 0.400. The molecule has 1 heterocycles. The fourth-order valence-electron chi connectivity index (χ4n) is 2.08. The molecular weight excluding hydrogens is 241 g/mol. The predicted octanol–water partition coefficient (Wildman–Crippen LogP) is 2.89. The lowest BCUT2D eigenvalue weighted by Gasteiger charge is -2.06. The molecular formula is C15H20FN3. The third-order valence-corrected chi connectivity index (χ3v) is 3.29. The molecule has 19 heavy (non-hydrogen) atoms. The van der Waals surface area contributed by atoms with Crippen molar-refractivity contribution in [3.8, 4) is 0 Å². The molecule has 0 radical (unpaired) electrons. The Morgan fingerprint density at radius 1 is 1.32 bits per heavy atom. The minimum atomic E-state index is -0.140. The van der Waals surface area contributed by atoms with Crippen LogP contribution < -0.4 is 5.32 Å². The van der Waals surface area contributed by atoms with Crippen LogP contribution in [0.1, 0.15) is 28.8 Å². The molecule has 1 aromatic carbocycles. The predicted molar refractivity (Wildman–Crippen MR) is 74.5 cm³/mol. The zero-order valence-electron chi connectivity index (χ0n) is 11.5. The van der Waals surface area contributed by atoms with Crippen molar-refractivity contribution in [1.82, 2.24) is 15.5 Å². The molecule has 0 bridgehead atoms. The summed E-state index contributed by atoms with van der Waals surface area (Å²) in [5.74, 6) is -0.140. The van der Waals surface area contributed by atoms with Crippen molar-refractivity contribution >= 4 is 0 Å². The van der Waals surface area contributed by atoms with Crippen LogP contribution in [0.4, 0.5) is 4.39 Å². The van der Waals surface area contributed by atoms with Gasteiger partial charge in [0.15, 0.2) is 0 Å². The third-order valence-electron chi connectivity index (χ3n) is 3.29. The monoisotopic (exact) mass is 261 g/mol. The molecule has 1 aromatic heterocycles. The van der Waals surface area contributed by atoms with Crippen LogP contribution in [0.3, 0.4) is 0 Å². The maximum absolute atomic E-state index is 13.1. The van der Waals surface area contributed by atoms with Gasteiger partial charge in [0.05, 0.1) is 6.20 Å². The number of rotatable bonds is 6. The van der Waals surface area contributed by atoms with Gasteiger partial charge >= 0.3 is 0 Å². The molecule has 0 spiro atoms. The highest BCUT2D eigenvalue weighted by atomic mass is 19.1. The maximum Gasteiger partial charge on any atom is 0.126 e. The molecule has 0 saturated heterocycles. The minimum absolute atomic E-state index is 0.140. The molecule has 3 nitrogen and oxygen atoms in total. The Bertz CT molecular complexity index is 534. The van der Waals surface area contributed by atoms with E-state index in [1.807, 2.05) is 25.3 Å². The molecule has 2 N–H and O–H groups in total. The first-order valence-electron chi connectivity index (χ1n) is 6.61. The maximum atomic E-state index is 13.1. The number of benzene rings is 1. The van der Waals surface area contributed by atoms with Gasteiger partial charge in [-0.25, -0.2) is 4.39 Å². The molecule has 0 fully saturated rings. The first-order chi connectivity index (χ1) is 9.16. The standard InChI is InChI=1S/C15H20FN3/c1-11-8-13(5-6-15(11)16)9-17-7-3-4-14-10-18-19-12(14)2/h5-6,8,10,17H,3-4,7,9H2,1-2H3,(H,18,19). The molecule has 0 amide bonds. The third kappa shape index (κ3) is 3.89. The van der Waals surface area contributed by atoms with Gasteiger partial charge in [0.25, 0.3) is 0 Å². The molecule has 4 heteroatoms. The van der Waals surface area contributed by atoms with Gasteiger partial charge < -0.3 is 5.32 Å². The summed E-state index contributed by atoms with van der Waals surface area (Å²) in [5.41, 5.74) is 4.25. The minimum Gasteiger partial charge on any atom is -0.313 e. The number of nitrogens with one attached hydrogen (secondary N) is 2. The van der Waals surface area contributed by atoms with E-state index in [0.29, 0.717) is 5.56 Å². The van der Waals surface area contributed by atoms with Gasteiger partial charge in [-0.3, -0.25) is 5.10 Å². The van der Waals surface area contributed by atoms with E-state index in [4.69, 9.17) is 0 Å². The summed E-state index contributed by atoms with van der Waals surface area (Å²) < 4.78 is 13.1. The van der Waals surface area contributed by atoms with Crippen LogP contribution in [0.15, 0.2) is 24.4 Å². The van der Waals surface area contributed by atoms with Crippen LogP contribution in [0.2, 0.25) is 0 Å². The van der Waals surface area contributed by atoms with Crippen molar-refractivity contribution in [2.75, 3.05) is 6.54 Å². The van der Waals surface area contributed by atoms with Crippen molar-refractivity contribution in [1.29, 1.82) is 0 Å². The summed E-state index contributed by atoms with van der Waals surface area (Å²) in [6.45, 7) is 5.56. The van der Waals surface area contributed by atoms with E-state index in [-0.39, 0.29) is 5.82 Å². The van der Waals surface area contributed by atoms with Crippen molar-refractivity contribution in [3.05, 3.63) is 52.6 Å². The Morgan fingerprint density at radius 3 is 2.84 bits per heavy atom. The number of nitrogens with zero attached hydrogens (tertiary/aromatic N) is 1. The Hall–Kier alpha value is -1.68. The Labute approximate surface area is 113 Å². The van der Waals surface area contributed by atoms with Crippen molar-refractivity contribution in [2.45, 2.75) is 33.2 Å². The molecule has 2 rings (SSSR count). The van der Waals surface area contributed by atoms with E-state index < -0.39 is 0 Å². The summed E-state index contributed by atoms with van der Waals surface area (Å²) >= 11 is 0. The quantitative estimate of drug-likeness (QED) is 0.785. The van der Waals surface area contributed by atoms with Crippen LogP contribution in [0.25, 0.3) is 0 Å². The molecule has 2 aromatic rings. The van der Waals surface area contributed by atoms with E-state index in [9.17, 15) is 4.39 Å². The average Bonchev–Trinajstić information content (AvgIpc) is 2.79. The first-order valence-corrected chi connectivity index (χ1v) is 6.61. The molecule has 0 aliphatic carbocycles. The highest BCUT2D eigenvalue weighted by Crippen LogP contribution is 2.09. The molecule has 0 saturated carbocycles. The van der Waals surface area contributed by atoms with Crippen LogP contribution in [-0.4, -0.2) is 16.7 Å². The fourth-order valence-corrected chi connectivity index (χ4v) is 2.08. The Balaban J connectivity index is 1.69. The zero-order valence-corrected chi connectivity index (χ0v) is 11.5.